The first-order valence-electron chi connectivity index (χ1n) is 2.10. The van der Waals surface area contributed by atoms with Crippen LogP contribution in [0.4, 0.5) is 0 Å². The Morgan fingerprint density at radius 2 is 1.75 bits per heavy atom. The lowest BCUT2D eigenvalue weighted by molar-refractivity contribution is 0.689. The predicted octanol–water partition coefficient (Wildman–Crippen LogP) is 1.37. The van der Waals surface area contributed by atoms with Gasteiger partial charge in [-0.1, -0.05) is 0 Å². The third kappa shape index (κ3) is 2.99. The molecule has 0 fully saturated rings. The average Bonchev–Trinajstić information content (AvgIpc) is 1.69. The molecule has 1 unspecified atom stereocenters. The first-order chi connectivity index (χ1) is 3.72. The minimum Gasteiger partial charge on any atom is -0.258 e. The Hall–Kier alpha value is 0.850. The Kier molecular flexibility index (Phi) is 5.20. The van der Waals surface area contributed by atoms with E-state index in [1.165, 1.54) is 0 Å². The molecule has 0 N–H and O–H groups in total. The SMILES string of the molecule is CSC(SC)S(C)=O. The average molecular weight is 170 g/mol. The van der Waals surface area contributed by atoms with Gasteiger partial charge in [0.25, 0.3) is 0 Å². The summed E-state index contributed by atoms with van der Waals surface area (Å²) in [4.78, 5) is 0. The van der Waals surface area contributed by atoms with Crippen LogP contribution in [0.15, 0.2) is 0 Å². The van der Waals surface area contributed by atoms with E-state index >= 15 is 0 Å². The molecular weight excluding hydrogens is 160 g/mol. The fraction of sp³-hybridized carbons (Fsp3) is 1.00. The Labute approximate surface area is 61.5 Å². The van der Waals surface area contributed by atoms with Crippen LogP contribution in [0.2, 0.25) is 0 Å². The van der Waals surface area contributed by atoms with Gasteiger partial charge in [-0.25, -0.2) is 0 Å². The van der Waals surface area contributed by atoms with Gasteiger partial charge < -0.3 is 0 Å². The largest absolute Gasteiger partial charge is 0.258 e. The van der Waals surface area contributed by atoms with E-state index in [9.17, 15) is 4.21 Å². The predicted molar refractivity (Wildman–Crippen MR) is 44.9 cm³/mol. The Morgan fingerprint density at radius 1 is 1.38 bits per heavy atom. The molecule has 0 heterocycles. The zero-order chi connectivity index (χ0) is 6.57. The molecule has 50 valence electrons. The van der Waals surface area contributed by atoms with Crippen molar-refractivity contribution in [2.75, 3.05) is 18.8 Å². The number of rotatable bonds is 3. The van der Waals surface area contributed by atoms with Crippen LogP contribution in [-0.4, -0.2) is 26.9 Å². The smallest absolute Gasteiger partial charge is 0.125 e. The van der Waals surface area contributed by atoms with Crippen LogP contribution in [0.3, 0.4) is 0 Å². The summed E-state index contributed by atoms with van der Waals surface area (Å²) in [5, 5.41) is 0. The van der Waals surface area contributed by atoms with E-state index in [1.54, 1.807) is 29.8 Å². The summed E-state index contributed by atoms with van der Waals surface area (Å²) in [7, 11) is -0.677. The molecule has 0 aromatic rings. The topological polar surface area (TPSA) is 17.1 Å². The highest BCUT2D eigenvalue weighted by atomic mass is 32.3. The van der Waals surface area contributed by atoms with Gasteiger partial charge >= 0.3 is 0 Å². The molecule has 1 atom stereocenters. The molecule has 0 saturated carbocycles. The monoisotopic (exact) mass is 170 g/mol. The molecule has 0 aromatic carbocycles. The van der Waals surface area contributed by atoms with Gasteiger partial charge in [0.1, 0.15) is 3.91 Å². The van der Waals surface area contributed by atoms with Crippen LogP contribution in [0.1, 0.15) is 0 Å². The number of thioether (sulfide) groups is 2. The van der Waals surface area contributed by atoms with Gasteiger partial charge in [-0.15, -0.1) is 23.5 Å². The van der Waals surface area contributed by atoms with Crippen molar-refractivity contribution >= 4 is 34.3 Å². The second kappa shape index (κ2) is 4.70. The summed E-state index contributed by atoms with van der Waals surface area (Å²) < 4.78 is 10.9. The van der Waals surface area contributed by atoms with E-state index in [2.05, 4.69) is 0 Å². The van der Waals surface area contributed by atoms with Crippen LogP contribution in [0.25, 0.3) is 0 Å². The first kappa shape index (κ1) is 8.85. The quantitative estimate of drug-likeness (QED) is 0.596. The maximum absolute atomic E-state index is 10.7. The van der Waals surface area contributed by atoms with Crippen molar-refractivity contribution in [1.82, 2.24) is 0 Å². The van der Waals surface area contributed by atoms with Crippen LogP contribution in [0, 0.1) is 0 Å². The number of hydrogen-bond acceptors (Lipinski definition) is 3. The molecule has 0 aliphatic heterocycles. The second-order valence-electron chi connectivity index (χ2n) is 1.26. The molecule has 0 amide bonds. The molecule has 0 saturated heterocycles. The summed E-state index contributed by atoms with van der Waals surface area (Å²) in [6.45, 7) is 0. The van der Waals surface area contributed by atoms with Gasteiger partial charge in [0.15, 0.2) is 0 Å². The molecule has 1 nitrogen and oxygen atoms in total. The Balaban J connectivity index is 3.52. The maximum atomic E-state index is 10.7. The van der Waals surface area contributed by atoms with Crippen molar-refractivity contribution in [1.29, 1.82) is 0 Å². The molecule has 0 aromatic heterocycles. The maximum Gasteiger partial charge on any atom is 0.125 e. The molecule has 4 heteroatoms. The zero-order valence-electron chi connectivity index (χ0n) is 5.21. The summed E-state index contributed by atoms with van der Waals surface area (Å²) >= 11 is 3.28. The van der Waals surface area contributed by atoms with E-state index in [0.717, 1.165) is 0 Å². The van der Waals surface area contributed by atoms with Gasteiger partial charge in [0.05, 0.1) is 0 Å². The highest BCUT2D eigenvalue weighted by molar-refractivity contribution is 8.27. The molecule has 0 aliphatic carbocycles. The molecule has 0 radical (unpaired) electrons. The summed E-state index contributed by atoms with van der Waals surface area (Å²) in [5.74, 6) is 0. The van der Waals surface area contributed by atoms with Crippen molar-refractivity contribution in [3.63, 3.8) is 0 Å². The van der Waals surface area contributed by atoms with Gasteiger partial charge in [-0.2, -0.15) is 0 Å². The molecular formula is C4H10OS3. The zero-order valence-corrected chi connectivity index (χ0v) is 7.66. The molecule has 0 rings (SSSR count). The van der Waals surface area contributed by atoms with Crippen molar-refractivity contribution in [3.8, 4) is 0 Å². The lowest BCUT2D eigenvalue weighted by Gasteiger charge is -2.04. The summed E-state index contributed by atoms with van der Waals surface area (Å²) in [6, 6.07) is 0. The Bertz CT molecular complexity index is 79.4. The summed E-state index contributed by atoms with van der Waals surface area (Å²) in [6.07, 6.45) is 5.68. The normalized spacial score (nSPS) is 14.5. The third-order valence-corrected chi connectivity index (χ3v) is 5.90. The van der Waals surface area contributed by atoms with E-state index in [-0.39, 0.29) is 3.91 Å². The van der Waals surface area contributed by atoms with Crippen LogP contribution in [-0.2, 0) is 10.8 Å². The highest BCUT2D eigenvalue weighted by Gasteiger charge is 2.06. The lowest BCUT2D eigenvalue weighted by Crippen LogP contribution is -2.01. The first-order valence-corrected chi connectivity index (χ1v) is 6.30. The number of hydrogen-bond donors (Lipinski definition) is 0. The van der Waals surface area contributed by atoms with E-state index in [4.69, 9.17) is 0 Å². The van der Waals surface area contributed by atoms with Crippen molar-refractivity contribution < 1.29 is 4.21 Å². The van der Waals surface area contributed by atoms with Gasteiger partial charge in [0, 0.05) is 17.1 Å². The van der Waals surface area contributed by atoms with Gasteiger partial charge in [0.2, 0.25) is 0 Å². The fourth-order valence-electron chi connectivity index (χ4n) is 0.367. The molecule has 0 bridgehead atoms. The minimum atomic E-state index is -0.677. The van der Waals surface area contributed by atoms with Crippen molar-refractivity contribution in [2.45, 2.75) is 3.91 Å². The van der Waals surface area contributed by atoms with Crippen LogP contribution >= 0.6 is 23.5 Å². The minimum absolute atomic E-state index is 0.259. The van der Waals surface area contributed by atoms with E-state index < -0.39 is 10.8 Å². The van der Waals surface area contributed by atoms with E-state index in [0.29, 0.717) is 0 Å². The van der Waals surface area contributed by atoms with Crippen molar-refractivity contribution in [3.05, 3.63) is 0 Å². The molecule has 8 heavy (non-hydrogen) atoms. The molecule has 0 aliphatic rings. The standard InChI is InChI=1S/C4H10OS3/c1-6-4(7-2)8(3)5/h4H,1-3H3. The van der Waals surface area contributed by atoms with Gasteiger partial charge in [-0.05, 0) is 12.5 Å². The second-order valence-corrected chi connectivity index (χ2v) is 5.51. The highest BCUT2D eigenvalue weighted by Crippen LogP contribution is 2.20. The van der Waals surface area contributed by atoms with Crippen LogP contribution < -0.4 is 0 Å². The third-order valence-electron chi connectivity index (χ3n) is 0.656. The van der Waals surface area contributed by atoms with Crippen molar-refractivity contribution in [2.24, 2.45) is 0 Å². The van der Waals surface area contributed by atoms with E-state index in [1.807, 2.05) is 12.5 Å². The van der Waals surface area contributed by atoms with Gasteiger partial charge in [-0.3, -0.25) is 4.21 Å². The Morgan fingerprint density at radius 3 is 1.75 bits per heavy atom. The molecule has 0 spiro atoms. The fourth-order valence-corrected chi connectivity index (χ4v) is 3.31. The van der Waals surface area contributed by atoms with Crippen LogP contribution in [0.5, 0.6) is 0 Å². The lowest BCUT2D eigenvalue weighted by atomic mass is 11.8. The summed E-state index contributed by atoms with van der Waals surface area (Å²) in [5.41, 5.74) is 0.